The van der Waals surface area contributed by atoms with Gasteiger partial charge in [-0.1, -0.05) is 19.9 Å². The third-order valence-corrected chi connectivity index (χ3v) is 3.41. The molecule has 0 saturated heterocycles. The molecule has 88 valence electrons. The van der Waals surface area contributed by atoms with Crippen LogP contribution in [0.2, 0.25) is 0 Å². The number of hydrogen-bond donors (Lipinski definition) is 1. The van der Waals surface area contributed by atoms with Gasteiger partial charge in [-0.25, -0.2) is 0 Å². The lowest BCUT2D eigenvalue weighted by Gasteiger charge is -2.18. The minimum atomic E-state index is 0.497. The summed E-state index contributed by atoms with van der Waals surface area (Å²) in [5.41, 5.74) is 1.67. The van der Waals surface area contributed by atoms with E-state index >= 15 is 0 Å². The van der Waals surface area contributed by atoms with Gasteiger partial charge in [0.25, 0.3) is 0 Å². The predicted octanol–water partition coefficient (Wildman–Crippen LogP) is 3.69. The molecule has 0 bridgehead atoms. The summed E-state index contributed by atoms with van der Waals surface area (Å²) in [4.78, 5) is 0. The summed E-state index contributed by atoms with van der Waals surface area (Å²) in [5, 5.41) is 3.59. The van der Waals surface area contributed by atoms with Crippen LogP contribution in [-0.2, 0) is 0 Å². The highest BCUT2D eigenvalue weighted by atomic mass is 16.5. The van der Waals surface area contributed by atoms with E-state index in [-0.39, 0.29) is 0 Å². The van der Waals surface area contributed by atoms with E-state index < -0.39 is 0 Å². The predicted molar refractivity (Wildman–Crippen MR) is 68.0 cm³/mol. The number of anilines is 1. The van der Waals surface area contributed by atoms with Crippen LogP contribution < -0.4 is 10.1 Å². The average Bonchev–Trinajstić information content (AvgIpc) is 2.58. The molecule has 2 heteroatoms. The first-order chi connectivity index (χ1) is 7.59. The number of ether oxygens (including phenoxy) is 1. The van der Waals surface area contributed by atoms with E-state index in [0.717, 1.165) is 5.75 Å². The van der Waals surface area contributed by atoms with Gasteiger partial charge in [0, 0.05) is 17.8 Å². The molecule has 16 heavy (non-hydrogen) atoms. The van der Waals surface area contributed by atoms with Crippen molar-refractivity contribution in [2.24, 2.45) is 5.41 Å². The fourth-order valence-electron chi connectivity index (χ4n) is 2.51. The number of methoxy groups -OCH3 is 1. The van der Waals surface area contributed by atoms with Gasteiger partial charge in [0.15, 0.2) is 0 Å². The van der Waals surface area contributed by atoms with E-state index in [1.54, 1.807) is 7.11 Å². The second-order valence-corrected chi connectivity index (χ2v) is 5.48. The fraction of sp³-hybridized carbons (Fsp3) is 0.571. The molecule has 2 nitrogen and oxygen atoms in total. The number of nitrogens with one attached hydrogen (secondary N) is 1. The van der Waals surface area contributed by atoms with Crippen molar-refractivity contribution >= 4 is 5.69 Å². The van der Waals surface area contributed by atoms with Gasteiger partial charge in [-0.05, 0) is 36.8 Å². The zero-order chi connectivity index (χ0) is 11.6. The molecule has 1 aliphatic carbocycles. The number of rotatable bonds is 3. The van der Waals surface area contributed by atoms with Gasteiger partial charge in [-0.15, -0.1) is 0 Å². The Labute approximate surface area is 98.0 Å². The molecular weight excluding hydrogens is 198 g/mol. The molecule has 1 aromatic carbocycles. The lowest BCUT2D eigenvalue weighted by molar-refractivity contribution is 0.378. The first-order valence-corrected chi connectivity index (χ1v) is 6.00. The summed E-state index contributed by atoms with van der Waals surface area (Å²) in [6, 6.07) is 8.78. The van der Waals surface area contributed by atoms with E-state index in [9.17, 15) is 0 Å². The van der Waals surface area contributed by atoms with Crippen LogP contribution in [0.3, 0.4) is 0 Å². The van der Waals surface area contributed by atoms with E-state index in [1.807, 2.05) is 12.1 Å². The van der Waals surface area contributed by atoms with Gasteiger partial charge in [-0.2, -0.15) is 0 Å². The van der Waals surface area contributed by atoms with Crippen molar-refractivity contribution in [3.8, 4) is 5.75 Å². The second-order valence-electron chi connectivity index (χ2n) is 5.48. The van der Waals surface area contributed by atoms with Crippen LogP contribution >= 0.6 is 0 Å². The molecule has 1 fully saturated rings. The molecule has 0 aliphatic heterocycles. The zero-order valence-corrected chi connectivity index (χ0v) is 10.4. The quantitative estimate of drug-likeness (QED) is 0.837. The van der Waals surface area contributed by atoms with Crippen LogP contribution in [-0.4, -0.2) is 13.2 Å². The highest BCUT2D eigenvalue weighted by Crippen LogP contribution is 2.38. The lowest BCUT2D eigenvalue weighted by Crippen LogP contribution is -2.17. The van der Waals surface area contributed by atoms with Crippen molar-refractivity contribution in [2.45, 2.75) is 39.2 Å². The molecule has 0 radical (unpaired) electrons. The summed E-state index contributed by atoms with van der Waals surface area (Å²) in [7, 11) is 1.71. The van der Waals surface area contributed by atoms with Crippen molar-refractivity contribution in [1.29, 1.82) is 0 Å². The number of benzene rings is 1. The molecule has 1 aromatic rings. The molecule has 0 spiro atoms. The highest BCUT2D eigenvalue weighted by Gasteiger charge is 2.30. The van der Waals surface area contributed by atoms with Crippen LogP contribution in [0.5, 0.6) is 5.75 Å². The summed E-state index contributed by atoms with van der Waals surface area (Å²) in [6.07, 6.45) is 3.84. The Morgan fingerprint density at radius 1 is 1.38 bits per heavy atom. The van der Waals surface area contributed by atoms with Crippen LogP contribution in [0.25, 0.3) is 0 Å². The van der Waals surface area contributed by atoms with Crippen LogP contribution in [0.15, 0.2) is 24.3 Å². The van der Waals surface area contributed by atoms with Crippen molar-refractivity contribution < 1.29 is 4.74 Å². The Bertz CT molecular complexity index is 360. The van der Waals surface area contributed by atoms with Gasteiger partial charge < -0.3 is 10.1 Å². The number of hydrogen-bond acceptors (Lipinski definition) is 2. The molecule has 1 N–H and O–H groups in total. The lowest BCUT2D eigenvalue weighted by atomic mass is 9.92. The molecule has 0 amide bonds. The van der Waals surface area contributed by atoms with Crippen molar-refractivity contribution in [3.05, 3.63) is 24.3 Å². The standard InChI is InChI=1S/C14H21NO/c1-14(2)8-7-12(10-14)15-11-5-4-6-13(9-11)16-3/h4-6,9,12,15H,7-8,10H2,1-3H3. The maximum absolute atomic E-state index is 5.22. The maximum Gasteiger partial charge on any atom is 0.120 e. The summed E-state index contributed by atoms with van der Waals surface area (Å²) in [5.74, 6) is 0.919. The maximum atomic E-state index is 5.22. The Hall–Kier alpha value is -1.18. The molecule has 1 saturated carbocycles. The summed E-state index contributed by atoms with van der Waals surface area (Å²) in [6.45, 7) is 4.69. The van der Waals surface area contributed by atoms with Gasteiger partial charge >= 0.3 is 0 Å². The largest absolute Gasteiger partial charge is 0.497 e. The second kappa shape index (κ2) is 4.36. The molecule has 0 aromatic heterocycles. The molecule has 0 heterocycles. The Morgan fingerprint density at radius 3 is 2.81 bits per heavy atom. The van der Waals surface area contributed by atoms with Gasteiger partial charge in [-0.3, -0.25) is 0 Å². The molecule has 1 atom stereocenters. The van der Waals surface area contributed by atoms with E-state index in [4.69, 9.17) is 4.74 Å². The first kappa shape index (κ1) is 11.3. The first-order valence-electron chi connectivity index (χ1n) is 6.00. The van der Waals surface area contributed by atoms with Gasteiger partial charge in [0.2, 0.25) is 0 Å². The van der Waals surface area contributed by atoms with E-state index in [0.29, 0.717) is 11.5 Å². The fourth-order valence-corrected chi connectivity index (χ4v) is 2.51. The van der Waals surface area contributed by atoms with E-state index in [1.165, 1.54) is 24.9 Å². The van der Waals surface area contributed by atoms with Crippen LogP contribution in [0.4, 0.5) is 5.69 Å². The summed E-state index contributed by atoms with van der Waals surface area (Å²) >= 11 is 0. The van der Waals surface area contributed by atoms with Gasteiger partial charge in [0.1, 0.15) is 5.75 Å². The van der Waals surface area contributed by atoms with Crippen molar-refractivity contribution in [3.63, 3.8) is 0 Å². The molecular formula is C14H21NO. The Balaban J connectivity index is 1.99. The third kappa shape index (κ3) is 2.69. The average molecular weight is 219 g/mol. The van der Waals surface area contributed by atoms with Crippen molar-refractivity contribution in [2.75, 3.05) is 12.4 Å². The zero-order valence-electron chi connectivity index (χ0n) is 10.4. The third-order valence-electron chi connectivity index (χ3n) is 3.41. The minimum Gasteiger partial charge on any atom is -0.497 e. The van der Waals surface area contributed by atoms with Crippen LogP contribution in [0.1, 0.15) is 33.1 Å². The Kier molecular flexibility index (Phi) is 3.08. The van der Waals surface area contributed by atoms with E-state index in [2.05, 4.69) is 31.3 Å². The van der Waals surface area contributed by atoms with Gasteiger partial charge in [0.05, 0.1) is 7.11 Å². The SMILES string of the molecule is COc1cccc(NC2CCC(C)(C)C2)c1. The molecule has 1 aliphatic rings. The molecule has 2 rings (SSSR count). The highest BCUT2D eigenvalue weighted by molar-refractivity contribution is 5.49. The van der Waals surface area contributed by atoms with Crippen molar-refractivity contribution in [1.82, 2.24) is 0 Å². The normalized spacial score (nSPS) is 23.1. The minimum absolute atomic E-state index is 0.497. The Morgan fingerprint density at radius 2 is 2.19 bits per heavy atom. The smallest absolute Gasteiger partial charge is 0.120 e. The summed E-state index contributed by atoms with van der Waals surface area (Å²) < 4.78 is 5.22. The monoisotopic (exact) mass is 219 g/mol. The topological polar surface area (TPSA) is 21.3 Å². The van der Waals surface area contributed by atoms with Crippen LogP contribution in [0, 0.1) is 5.41 Å². The molecule has 1 unspecified atom stereocenters.